The van der Waals surface area contributed by atoms with E-state index in [-0.39, 0.29) is 0 Å². The molecule has 0 unspecified atom stereocenters. The second-order valence-corrected chi connectivity index (χ2v) is 3.08. The van der Waals surface area contributed by atoms with E-state index >= 15 is 0 Å². The van der Waals surface area contributed by atoms with E-state index in [1.165, 1.54) is 10.9 Å². The highest BCUT2D eigenvalue weighted by molar-refractivity contribution is 5.83. The van der Waals surface area contributed by atoms with Crippen molar-refractivity contribution in [2.24, 2.45) is 0 Å². The van der Waals surface area contributed by atoms with Crippen LogP contribution in [-0.4, -0.2) is 4.57 Å². The van der Waals surface area contributed by atoms with Crippen LogP contribution >= 0.6 is 0 Å². The molecule has 0 aliphatic rings. The molecule has 66 valence electrons. The van der Waals surface area contributed by atoms with Gasteiger partial charge in [-0.2, -0.15) is 0 Å². The molecule has 0 radical (unpaired) electrons. The van der Waals surface area contributed by atoms with Crippen LogP contribution < -0.4 is 5.73 Å². The Hall–Kier alpha value is -1.70. The summed E-state index contributed by atoms with van der Waals surface area (Å²) in [6.45, 7) is 4.54. The summed E-state index contributed by atoms with van der Waals surface area (Å²) in [7, 11) is 0. The SMILES string of the molecule is C=CCn1ccc2ccc(N)cc21. The summed E-state index contributed by atoms with van der Waals surface area (Å²) >= 11 is 0. The van der Waals surface area contributed by atoms with Gasteiger partial charge in [-0.3, -0.25) is 0 Å². The number of nitrogens with two attached hydrogens (primary N) is 1. The molecule has 2 heteroatoms. The maximum atomic E-state index is 5.71. The van der Waals surface area contributed by atoms with Crippen LogP contribution in [0.2, 0.25) is 0 Å². The van der Waals surface area contributed by atoms with Crippen molar-refractivity contribution in [2.75, 3.05) is 5.73 Å². The maximum absolute atomic E-state index is 5.71. The lowest BCUT2D eigenvalue weighted by Crippen LogP contribution is -1.92. The summed E-state index contributed by atoms with van der Waals surface area (Å²) in [6, 6.07) is 8.02. The molecule has 13 heavy (non-hydrogen) atoms. The van der Waals surface area contributed by atoms with Crippen molar-refractivity contribution < 1.29 is 0 Å². The van der Waals surface area contributed by atoms with Gasteiger partial charge in [0, 0.05) is 18.4 Å². The van der Waals surface area contributed by atoms with Crippen molar-refractivity contribution in [3.05, 3.63) is 43.1 Å². The molecular weight excluding hydrogens is 160 g/mol. The van der Waals surface area contributed by atoms with E-state index in [4.69, 9.17) is 5.73 Å². The fourth-order valence-corrected chi connectivity index (χ4v) is 1.50. The van der Waals surface area contributed by atoms with Crippen molar-refractivity contribution in [3.63, 3.8) is 0 Å². The van der Waals surface area contributed by atoms with Crippen LogP contribution in [0.5, 0.6) is 0 Å². The number of rotatable bonds is 2. The Labute approximate surface area is 77.3 Å². The third-order valence-corrected chi connectivity index (χ3v) is 2.12. The Kier molecular flexibility index (Phi) is 1.81. The normalized spacial score (nSPS) is 10.5. The third-order valence-electron chi connectivity index (χ3n) is 2.12. The fraction of sp³-hybridized carbons (Fsp3) is 0.0909. The Balaban J connectivity index is 2.64. The number of fused-ring (bicyclic) bond motifs is 1. The molecule has 0 saturated heterocycles. The van der Waals surface area contributed by atoms with E-state index in [0.29, 0.717) is 0 Å². The van der Waals surface area contributed by atoms with Crippen LogP contribution in [0.1, 0.15) is 0 Å². The molecule has 0 spiro atoms. The number of aromatic nitrogens is 1. The van der Waals surface area contributed by atoms with Gasteiger partial charge >= 0.3 is 0 Å². The minimum atomic E-state index is 0.802. The zero-order valence-electron chi connectivity index (χ0n) is 7.40. The van der Waals surface area contributed by atoms with E-state index in [0.717, 1.165) is 12.2 Å². The first-order valence-corrected chi connectivity index (χ1v) is 4.26. The number of anilines is 1. The van der Waals surface area contributed by atoms with Gasteiger partial charge in [0.25, 0.3) is 0 Å². The van der Waals surface area contributed by atoms with Crippen molar-refractivity contribution in [2.45, 2.75) is 6.54 Å². The summed E-state index contributed by atoms with van der Waals surface area (Å²) in [5.41, 5.74) is 7.68. The van der Waals surface area contributed by atoms with E-state index in [1.807, 2.05) is 30.5 Å². The minimum Gasteiger partial charge on any atom is -0.399 e. The van der Waals surface area contributed by atoms with Crippen LogP contribution in [0.15, 0.2) is 43.1 Å². The monoisotopic (exact) mass is 172 g/mol. The number of nitrogens with zero attached hydrogens (tertiary/aromatic N) is 1. The molecule has 0 amide bonds. The number of benzene rings is 1. The van der Waals surface area contributed by atoms with Gasteiger partial charge in [0.05, 0.1) is 5.52 Å². The molecule has 2 aromatic rings. The van der Waals surface area contributed by atoms with Crippen LogP contribution in [0, 0.1) is 0 Å². The van der Waals surface area contributed by atoms with Gasteiger partial charge in [-0.15, -0.1) is 6.58 Å². The van der Waals surface area contributed by atoms with Gasteiger partial charge in [-0.25, -0.2) is 0 Å². The third kappa shape index (κ3) is 1.31. The molecule has 0 aliphatic carbocycles. The summed E-state index contributed by atoms with van der Waals surface area (Å²) in [4.78, 5) is 0. The van der Waals surface area contributed by atoms with Gasteiger partial charge in [-0.05, 0) is 23.6 Å². The Morgan fingerprint density at radius 2 is 2.23 bits per heavy atom. The molecule has 0 saturated carbocycles. The molecule has 0 bridgehead atoms. The van der Waals surface area contributed by atoms with E-state index in [9.17, 15) is 0 Å². The lowest BCUT2D eigenvalue weighted by atomic mass is 10.2. The summed E-state index contributed by atoms with van der Waals surface area (Å²) in [6.07, 6.45) is 3.93. The molecule has 2 N–H and O–H groups in total. The number of hydrogen-bond acceptors (Lipinski definition) is 1. The van der Waals surface area contributed by atoms with Crippen LogP contribution in [0.3, 0.4) is 0 Å². The zero-order valence-corrected chi connectivity index (χ0v) is 7.40. The smallest absolute Gasteiger partial charge is 0.0503 e. The van der Waals surface area contributed by atoms with Crippen molar-refractivity contribution in [1.29, 1.82) is 0 Å². The molecular formula is C11H12N2. The van der Waals surface area contributed by atoms with Gasteiger partial charge in [-0.1, -0.05) is 12.1 Å². The summed E-state index contributed by atoms with van der Waals surface area (Å²) in [5, 5.41) is 1.22. The van der Waals surface area contributed by atoms with E-state index in [1.54, 1.807) is 0 Å². The Morgan fingerprint density at radius 3 is 3.00 bits per heavy atom. The predicted molar refractivity (Wildman–Crippen MR) is 56.5 cm³/mol. The fourth-order valence-electron chi connectivity index (χ4n) is 1.50. The van der Waals surface area contributed by atoms with Gasteiger partial charge < -0.3 is 10.3 Å². The Bertz CT molecular complexity index is 440. The van der Waals surface area contributed by atoms with Crippen molar-refractivity contribution >= 4 is 16.6 Å². The molecule has 1 aromatic carbocycles. The second-order valence-electron chi connectivity index (χ2n) is 3.08. The molecule has 0 fully saturated rings. The maximum Gasteiger partial charge on any atom is 0.0503 e. The largest absolute Gasteiger partial charge is 0.399 e. The first-order chi connectivity index (χ1) is 6.31. The second kappa shape index (κ2) is 2.98. The standard InChI is InChI=1S/C11H12N2/c1-2-6-13-7-5-9-3-4-10(12)8-11(9)13/h2-5,7-8H,1,6,12H2. The average molecular weight is 172 g/mol. The van der Waals surface area contributed by atoms with Gasteiger partial charge in [0.2, 0.25) is 0 Å². The Morgan fingerprint density at radius 1 is 1.38 bits per heavy atom. The molecule has 0 atom stereocenters. The topological polar surface area (TPSA) is 30.9 Å². The van der Waals surface area contributed by atoms with Crippen LogP contribution in [0.25, 0.3) is 10.9 Å². The van der Waals surface area contributed by atoms with Gasteiger partial charge in [0.15, 0.2) is 0 Å². The number of hydrogen-bond donors (Lipinski definition) is 1. The first-order valence-electron chi connectivity index (χ1n) is 4.26. The summed E-state index contributed by atoms with van der Waals surface area (Å²) < 4.78 is 2.12. The molecule has 1 heterocycles. The quantitative estimate of drug-likeness (QED) is 0.547. The van der Waals surface area contributed by atoms with E-state index in [2.05, 4.69) is 17.2 Å². The van der Waals surface area contributed by atoms with Crippen molar-refractivity contribution in [3.8, 4) is 0 Å². The number of nitrogen functional groups attached to an aromatic ring is 1. The molecule has 2 rings (SSSR count). The first kappa shape index (κ1) is 7.92. The highest BCUT2D eigenvalue weighted by Gasteiger charge is 1.98. The van der Waals surface area contributed by atoms with Crippen molar-refractivity contribution in [1.82, 2.24) is 4.57 Å². The van der Waals surface area contributed by atoms with Gasteiger partial charge in [0.1, 0.15) is 0 Å². The number of allylic oxidation sites excluding steroid dienone is 1. The summed E-state index contributed by atoms with van der Waals surface area (Å²) in [5.74, 6) is 0. The minimum absolute atomic E-state index is 0.802. The van der Waals surface area contributed by atoms with Crippen LogP contribution in [-0.2, 0) is 6.54 Å². The zero-order chi connectivity index (χ0) is 9.26. The predicted octanol–water partition coefficient (Wildman–Crippen LogP) is 2.41. The van der Waals surface area contributed by atoms with E-state index < -0.39 is 0 Å². The molecule has 1 aromatic heterocycles. The molecule has 0 aliphatic heterocycles. The lowest BCUT2D eigenvalue weighted by Gasteiger charge is -2.01. The van der Waals surface area contributed by atoms with Crippen LogP contribution in [0.4, 0.5) is 5.69 Å². The highest BCUT2D eigenvalue weighted by atomic mass is 14.9. The lowest BCUT2D eigenvalue weighted by molar-refractivity contribution is 0.866. The average Bonchev–Trinajstić information content (AvgIpc) is 2.49. The highest BCUT2D eigenvalue weighted by Crippen LogP contribution is 2.18. The molecule has 2 nitrogen and oxygen atoms in total.